The van der Waals surface area contributed by atoms with Gasteiger partial charge in [-0.3, -0.25) is 10.1 Å². The van der Waals surface area contributed by atoms with Crippen LogP contribution in [0.3, 0.4) is 0 Å². The Hall–Kier alpha value is -1.79. The van der Waals surface area contributed by atoms with Gasteiger partial charge in [-0.05, 0) is 29.8 Å². The number of methoxy groups -OCH3 is 1. The summed E-state index contributed by atoms with van der Waals surface area (Å²) >= 11 is 18.0. The van der Waals surface area contributed by atoms with Crippen LogP contribution >= 0.6 is 34.8 Å². The number of hydrogen-bond acceptors (Lipinski definition) is 4. The smallest absolute Gasteiger partial charge is 0.327 e. The fourth-order valence-corrected chi connectivity index (χ4v) is 2.71. The molecule has 0 radical (unpaired) electrons. The molecule has 132 valence electrons. The second-order valence-electron chi connectivity index (χ2n) is 5.03. The van der Waals surface area contributed by atoms with Crippen LogP contribution in [0.5, 0.6) is 0 Å². The van der Waals surface area contributed by atoms with Crippen LogP contribution in [0.15, 0.2) is 42.5 Å². The lowest BCUT2D eigenvalue weighted by Crippen LogP contribution is -2.36. The van der Waals surface area contributed by atoms with E-state index in [2.05, 4.69) is 10.6 Å². The first-order chi connectivity index (χ1) is 11.9. The Morgan fingerprint density at radius 1 is 1.08 bits per heavy atom. The van der Waals surface area contributed by atoms with Gasteiger partial charge in [0.05, 0.1) is 24.4 Å². The molecule has 1 amide bonds. The number of carbonyl (C=O) groups is 2. The van der Waals surface area contributed by atoms with E-state index in [1.807, 2.05) is 0 Å². The highest BCUT2D eigenvalue weighted by Gasteiger charge is 2.24. The van der Waals surface area contributed by atoms with Crippen LogP contribution in [0.1, 0.15) is 11.6 Å². The van der Waals surface area contributed by atoms with Gasteiger partial charge in [0.2, 0.25) is 5.91 Å². The van der Waals surface area contributed by atoms with Gasteiger partial charge < -0.3 is 10.1 Å². The van der Waals surface area contributed by atoms with E-state index in [9.17, 15) is 9.59 Å². The predicted molar refractivity (Wildman–Crippen MR) is 99.3 cm³/mol. The Morgan fingerprint density at radius 2 is 1.80 bits per heavy atom. The number of rotatable bonds is 6. The number of nitrogens with one attached hydrogen (secondary N) is 2. The number of amides is 1. The van der Waals surface area contributed by atoms with Gasteiger partial charge in [-0.25, -0.2) is 4.79 Å². The first-order valence-electron chi connectivity index (χ1n) is 7.23. The van der Waals surface area contributed by atoms with Crippen LogP contribution in [0.2, 0.25) is 15.1 Å². The number of hydrogen-bond donors (Lipinski definition) is 2. The summed E-state index contributed by atoms with van der Waals surface area (Å²) < 4.78 is 4.78. The summed E-state index contributed by atoms with van der Waals surface area (Å²) in [6.45, 7) is -0.159. The zero-order valence-electron chi connectivity index (χ0n) is 13.2. The molecule has 2 N–H and O–H groups in total. The summed E-state index contributed by atoms with van der Waals surface area (Å²) in [6, 6.07) is 10.7. The Balaban J connectivity index is 2.08. The standard InChI is InChI=1S/C17H15Cl3N2O3/c1-25-17(24)16(11-4-2-3-5-12(11)19)21-9-15(23)22-14-8-10(18)6-7-13(14)20/h2-8,16,21H,9H2,1H3,(H,22,23). The SMILES string of the molecule is COC(=O)C(NCC(=O)Nc1cc(Cl)ccc1Cl)c1ccccc1Cl. The van der Waals surface area contributed by atoms with Gasteiger partial charge in [0.15, 0.2) is 0 Å². The van der Waals surface area contributed by atoms with Gasteiger partial charge in [-0.15, -0.1) is 0 Å². The Bertz CT molecular complexity index is 783. The number of carbonyl (C=O) groups excluding carboxylic acids is 2. The van der Waals surface area contributed by atoms with E-state index >= 15 is 0 Å². The van der Waals surface area contributed by atoms with Crippen molar-refractivity contribution < 1.29 is 14.3 Å². The molecule has 1 atom stereocenters. The number of ether oxygens (including phenoxy) is 1. The highest BCUT2D eigenvalue weighted by Crippen LogP contribution is 2.26. The molecule has 0 aliphatic heterocycles. The van der Waals surface area contributed by atoms with Crippen molar-refractivity contribution >= 4 is 52.4 Å². The fraction of sp³-hybridized carbons (Fsp3) is 0.176. The molecule has 0 saturated heterocycles. The molecule has 0 aromatic heterocycles. The highest BCUT2D eigenvalue weighted by molar-refractivity contribution is 6.35. The second kappa shape index (κ2) is 9.06. The Labute approximate surface area is 160 Å². The van der Waals surface area contributed by atoms with Crippen molar-refractivity contribution in [2.45, 2.75) is 6.04 Å². The van der Waals surface area contributed by atoms with E-state index < -0.39 is 17.9 Å². The molecule has 0 bridgehead atoms. The van der Waals surface area contributed by atoms with E-state index in [4.69, 9.17) is 39.5 Å². The van der Waals surface area contributed by atoms with Gasteiger partial charge in [0.1, 0.15) is 6.04 Å². The van der Waals surface area contributed by atoms with Gasteiger partial charge in [0, 0.05) is 10.0 Å². The maximum Gasteiger partial charge on any atom is 0.327 e. The first kappa shape index (κ1) is 19.5. The molecule has 2 aromatic carbocycles. The van der Waals surface area contributed by atoms with Crippen molar-refractivity contribution in [2.75, 3.05) is 19.0 Å². The van der Waals surface area contributed by atoms with E-state index in [-0.39, 0.29) is 6.54 Å². The van der Waals surface area contributed by atoms with Crippen molar-refractivity contribution in [2.24, 2.45) is 0 Å². The number of esters is 1. The molecule has 8 heteroatoms. The van der Waals surface area contributed by atoms with Crippen LogP contribution in [-0.4, -0.2) is 25.5 Å². The minimum Gasteiger partial charge on any atom is -0.468 e. The zero-order chi connectivity index (χ0) is 18.4. The summed E-state index contributed by atoms with van der Waals surface area (Å²) in [5.74, 6) is -0.952. The normalized spacial score (nSPS) is 11.7. The average Bonchev–Trinajstić information content (AvgIpc) is 2.59. The van der Waals surface area contributed by atoms with E-state index in [0.29, 0.717) is 26.3 Å². The lowest BCUT2D eigenvalue weighted by molar-refractivity contribution is -0.143. The molecule has 5 nitrogen and oxygen atoms in total. The quantitative estimate of drug-likeness (QED) is 0.716. The third-order valence-electron chi connectivity index (χ3n) is 3.32. The van der Waals surface area contributed by atoms with Gasteiger partial charge in [0.25, 0.3) is 0 Å². The molecule has 2 rings (SSSR count). The summed E-state index contributed by atoms with van der Waals surface area (Å²) in [7, 11) is 1.26. The highest BCUT2D eigenvalue weighted by atomic mass is 35.5. The zero-order valence-corrected chi connectivity index (χ0v) is 15.5. The van der Waals surface area contributed by atoms with E-state index in [1.54, 1.807) is 36.4 Å². The van der Waals surface area contributed by atoms with Crippen molar-refractivity contribution in [1.29, 1.82) is 0 Å². The molecule has 0 fully saturated rings. The number of halogens is 3. The largest absolute Gasteiger partial charge is 0.468 e. The second-order valence-corrected chi connectivity index (χ2v) is 6.28. The van der Waals surface area contributed by atoms with Crippen LogP contribution in [0.4, 0.5) is 5.69 Å². The minimum absolute atomic E-state index is 0.159. The van der Waals surface area contributed by atoms with Crippen molar-refractivity contribution in [1.82, 2.24) is 5.32 Å². The third-order valence-corrected chi connectivity index (χ3v) is 4.23. The summed E-state index contributed by atoms with van der Waals surface area (Å²) in [6.07, 6.45) is 0. The average molecular weight is 402 g/mol. The van der Waals surface area contributed by atoms with Crippen molar-refractivity contribution in [3.05, 3.63) is 63.1 Å². The molecule has 25 heavy (non-hydrogen) atoms. The lowest BCUT2D eigenvalue weighted by atomic mass is 10.1. The number of anilines is 1. The first-order valence-corrected chi connectivity index (χ1v) is 8.36. The van der Waals surface area contributed by atoms with Crippen LogP contribution in [0, 0.1) is 0 Å². The maximum absolute atomic E-state index is 12.1. The topological polar surface area (TPSA) is 67.4 Å². The minimum atomic E-state index is -0.876. The molecular weight excluding hydrogens is 387 g/mol. The van der Waals surface area contributed by atoms with E-state index in [1.165, 1.54) is 13.2 Å². The van der Waals surface area contributed by atoms with Crippen LogP contribution in [0.25, 0.3) is 0 Å². The van der Waals surface area contributed by atoms with Gasteiger partial charge >= 0.3 is 5.97 Å². The third kappa shape index (κ3) is 5.34. The molecule has 0 aliphatic carbocycles. The summed E-state index contributed by atoms with van der Waals surface area (Å²) in [5.41, 5.74) is 0.901. The summed E-state index contributed by atoms with van der Waals surface area (Å²) in [4.78, 5) is 24.2. The van der Waals surface area contributed by atoms with Gasteiger partial charge in [-0.1, -0.05) is 53.0 Å². The van der Waals surface area contributed by atoms with Crippen molar-refractivity contribution in [3.63, 3.8) is 0 Å². The molecule has 0 aliphatic rings. The fourth-order valence-electron chi connectivity index (χ4n) is 2.13. The molecule has 0 heterocycles. The Morgan fingerprint density at radius 3 is 2.48 bits per heavy atom. The molecule has 1 unspecified atom stereocenters. The Kier molecular flexibility index (Phi) is 7.08. The summed E-state index contributed by atoms with van der Waals surface area (Å²) in [5, 5.41) is 6.65. The lowest BCUT2D eigenvalue weighted by Gasteiger charge is -2.18. The predicted octanol–water partition coefficient (Wildman–Crippen LogP) is 4.09. The number of benzene rings is 2. The molecule has 0 spiro atoms. The van der Waals surface area contributed by atoms with E-state index in [0.717, 1.165) is 0 Å². The van der Waals surface area contributed by atoms with Gasteiger partial charge in [-0.2, -0.15) is 0 Å². The van der Waals surface area contributed by atoms with Crippen molar-refractivity contribution in [3.8, 4) is 0 Å². The molecule has 0 saturated carbocycles. The van der Waals surface area contributed by atoms with Crippen LogP contribution in [-0.2, 0) is 14.3 Å². The van der Waals surface area contributed by atoms with Crippen LogP contribution < -0.4 is 10.6 Å². The maximum atomic E-state index is 12.1. The monoisotopic (exact) mass is 400 g/mol. The molecule has 2 aromatic rings. The molecular formula is C17H15Cl3N2O3.